The number of carboxylic acid groups (broad SMARTS) is 1. The molecule has 1 N–H and O–H groups in total. The van der Waals surface area contributed by atoms with Crippen LogP contribution in [0.2, 0.25) is 0 Å². The van der Waals surface area contributed by atoms with Crippen LogP contribution in [0.5, 0.6) is 5.75 Å². The molecular weight excluding hydrogens is 251 g/mol. The Bertz CT molecular complexity index is 462. The van der Waals surface area contributed by atoms with E-state index in [9.17, 15) is 18.0 Å². The molecule has 4 nitrogen and oxygen atoms in total. The van der Waals surface area contributed by atoms with E-state index < -0.39 is 24.0 Å². The van der Waals surface area contributed by atoms with Gasteiger partial charge in [0.05, 0.1) is 6.07 Å². The number of carbonyl (C=O) groups is 1. The first-order valence-electron chi connectivity index (χ1n) is 4.79. The zero-order valence-electron chi connectivity index (χ0n) is 8.94. The van der Waals surface area contributed by atoms with Crippen LogP contribution in [-0.4, -0.2) is 17.4 Å². The van der Waals surface area contributed by atoms with E-state index in [1.165, 1.54) is 12.1 Å². The van der Waals surface area contributed by atoms with Crippen molar-refractivity contribution in [2.75, 3.05) is 0 Å². The summed E-state index contributed by atoms with van der Waals surface area (Å²) in [7, 11) is 0. The molecule has 0 heterocycles. The highest BCUT2D eigenvalue weighted by atomic mass is 19.4. The normalized spacial score (nSPS) is 12.6. The van der Waals surface area contributed by atoms with Crippen LogP contribution in [0.15, 0.2) is 24.3 Å². The SMILES string of the molecule is N#CC(Cc1ccc(OC(F)(F)F)cc1)C(=O)O. The Hall–Kier alpha value is -2.23. The van der Waals surface area contributed by atoms with Gasteiger partial charge in [0.25, 0.3) is 0 Å². The van der Waals surface area contributed by atoms with Crippen molar-refractivity contribution >= 4 is 5.97 Å². The number of rotatable bonds is 4. The molecule has 0 saturated carbocycles. The fourth-order valence-corrected chi connectivity index (χ4v) is 1.25. The van der Waals surface area contributed by atoms with Crippen molar-refractivity contribution in [3.8, 4) is 11.8 Å². The zero-order chi connectivity index (χ0) is 13.8. The molecule has 1 aromatic carbocycles. The van der Waals surface area contributed by atoms with Crippen LogP contribution in [0.1, 0.15) is 5.56 Å². The first-order chi connectivity index (χ1) is 8.31. The molecule has 1 aromatic rings. The predicted molar refractivity (Wildman–Crippen MR) is 53.6 cm³/mol. The molecule has 0 aromatic heterocycles. The minimum absolute atomic E-state index is 0.0713. The van der Waals surface area contributed by atoms with Crippen LogP contribution in [0, 0.1) is 17.2 Å². The Morgan fingerprint density at radius 3 is 2.33 bits per heavy atom. The van der Waals surface area contributed by atoms with E-state index in [4.69, 9.17) is 10.4 Å². The van der Waals surface area contributed by atoms with E-state index in [1.54, 1.807) is 6.07 Å². The highest BCUT2D eigenvalue weighted by Gasteiger charge is 2.31. The smallest absolute Gasteiger partial charge is 0.480 e. The summed E-state index contributed by atoms with van der Waals surface area (Å²) in [5.41, 5.74) is 0.443. The molecule has 7 heteroatoms. The molecule has 0 aliphatic rings. The number of alkyl halides is 3. The Balaban J connectivity index is 2.72. The Labute approximate surface area is 100 Å². The summed E-state index contributed by atoms with van der Waals surface area (Å²) in [6.45, 7) is 0. The molecule has 0 saturated heterocycles. The van der Waals surface area contributed by atoms with E-state index in [1.807, 2.05) is 0 Å². The lowest BCUT2D eigenvalue weighted by molar-refractivity contribution is -0.274. The van der Waals surface area contributed by atoms with Gasteiger partial charge in [-0.3, -0.25) is 4.79 Å². The van der Waals surface area contributed by atoms with Crippen molar-refractivity contribution in [2.45, 2.75) is 12.8 Å². The van der Waals surface area contributed by atoms with Gasteiger partial charge in [-0.15, -0.1) is 13.2 Å². The third-order valence-electron chi connectivity index (χ3n) is 2.05. The minimum atomic E-state index is -4.77. The van der Waals surface area contributed by atoms with Crippen LogP contribution in [0.3, 0.4) is 0 Å². The number of aliphatic carboxylic acids is 1. The molecule has 1 unspecified atom stereocenters. The molecule has 1 rings (SSSR count). The molecule has 0 amide bonds. The summed E-state index contributed by atoms with van der Waals surface area (Å²) in [6, 6.07) is 6.30. The molecule has 0 spiro atoms. The van der Waals surface area contributed by atoms with Gasteiger partial charge >= 0.3 is 12.3 Å². The van der Waals surface area contributed by atoms with Gasteiger partial charge < -0.3 is 9.84 Å². The predicted octanol–water partition coefficient (Wildman–Crippen LogP) is 2.35. The summed E-state index contributed by atoms with van der Waals surface area (Å²) >= 11 is 0. The lowest BCUT2D eigenvalue weighted by Crippen LogP contribution is -2.17. The van der Waals surface area contributed by atoms with Crippen LogP contribution >= 0.6 is 0 Å². The number of nitrogens with zero attached hydrogens (tertiary/aromatic N) is 1. The molecule has 96 valence electrons. The van der Waals surface area contributed by atoms with Gasteiger partial charge in [0.2, 0.25) is 0 Å². The molecule has 0 fully saturated rings. The van der Waals surface area contributed by atoms with Crippen molar-refractivity contribution in [1.82, 2.24) is 0 Å². The highest BCUT2D eigenvalue weighted by molar-refractivity contribution is 5.73. The van der Waals surface area contributed by atoms with Gasteiger partial charge in [-0.1, -0.05) is 12.1 Å². The summed E-state index contributed by atoms with van der Waals surface area (Å²) < 4.78 is 39.3. The van der Waals surface area contributed by atoms with Gasteiger partial charge in [0.1, 0.15) is 11.7 Å². The maximum atomic E-state index is 11.9. The van der Waals surface area contributed by atoms with E-state index in [0.717, 1.165) is 12.1 Å². The molecular formula is C11H8F3NO3. The number of nitriles is 1. The van der Waals surface area contributed by atoms with Crippen molar-refractivity contribution in [2.24, 2.45) is 5.92 Å². The van der Waals surface area contributed by atoms with E-state index >= 15 is 0 Å². The lowest BCUT2D eigenvalue weighted by Gasteiger charge is -2.09. The minimum Gasteiger partial charge on any atom is -0.480 e. The molecule has 0 aliphatic carbocycles. The number of hydrogen-bond donors (Lipinski definition) is 1. The second-order valence-corrected chi connectivity index (χ2v) is 3.42. The summed E-state index contributed by atoms with van der Waals surface area (Å²) in [6.07, 6.45) is -4.84. The molecule has 1 atom stereocenters. The number of benzene rings is 1. The summed E-state index contributed by atoms with van der Waals surface area (Å²) in [4.78, 5) is 10.6. The molecule has 0 radical (unpaired) electrons. The second kappa shape index (κ2) is 5.40. The molecule has 0 aliphatic heterocycles. The molecule has 0 bridgehead atoms. The Kier molecular flexibility index (Phi) is 4.15. The van der Waals surface area contributed by atoms with Crippen LogP contribution in [0.25, 0.3) is 0 Å². The van der Waals surface area contributed by atoms with Crippen molar-refractivity contribution in [3.05, 3.63) is 29.8 Å². The fourth-order valence-electron chi connectivity index (χ4n) is 1.25. The zero-order valence-corrected chi connectivity index (χ0v) is 8.94. The average molecular weight is 259 g/mol. The highest BCUT2D eigenvalue weighted by Crippen LogP contribution is 2.23. The summed E-state index contributed by atoms with van der Waals surface area (Å²) in [5, 5.41) is 17.2. The van der Waals surface area contributed by atoms with Crippen molar-refractivity contribution < 1.29 is 27.8 Å². The maximum absolute atomic E-state index is 11.9. The number of carboxylic acids is 1. The fraction of sp³-hybridized carbons (Fsp3) is 0.273. The van der Waals surface area contributed by atoms with Gasteiger partial charge in [0.15, 0.2) is 0 Å². The number of ether oxygens (including phenoxy) is 1. The quantitative estimate of drug-likeness (QED) is 0.900. The summed E-state index contributed by atoms with van der Waals surface area (Å²) in [5.74, 6) is -2.89. The monoisotopic (exact) mass is 259 g/mol. The van der Waals surface area contributed by atoms with Crippen molar-refractivity contribution in [3.63, 3.8) is 0 Å². The van der Waals surface area contributed by atoms with Gasteiger partial charge in [0, 0.05) is 0 Å². The number of hydrogen-bond acceptors (Lipinski definition) is 3. The van der Waals surface area contributed by atoms with Gasteiger partial charge in [-0.05, 0) is 24.1 Å². The van der Waals surface area contributed by atoms with E-state index in [0.29, 0.717) is 5.56 Å². The third kappa shape index (κ3) is 4.33. The van der Waals surface area contributed by atoms with Crippen LogP contribution < -0.4 is 4.74 Å². The van der Waals surface area contributed by atoms with Crippen molar-refractivity contribution in [1.29, 1.82) is 5.26 Å². The average Bonchev–Trinajstić information content (AvgIpc) is 2.25. The van der Waals surface area contributed by atoms with Crippen LogP contribution in [-0.2, 0) is 11.2 Å². The standard InChI is InChI=1S/C11H8F3NO3/c12-11(13,14)18-9-3-1-7(2-4-9)5-8(6-15)10(16)17/h1-4,8H,5H2,(H,16,17). The van der Waals surface area contributed by atoms with Crippen LogP contribution in [0.4, 0.5) is 13.2 Å². The largest absolute Gasteiger partial charge is 0.573 e. The van der Waals surface area contributed by atoms with E-state index in [2.05, 4.69) is 4.74 Å². The molecule has 18 heavy (non-hydrogen) atoms. The second-order valence-electron chi connectivity index (χ2n) is 3.42. The maximum Gasteiger partial charge on any atom is 0.573 e. The topological polar surface area (TPSA) is 70.3 Å². The Morgan fingerprint density at radius 2 is 1.94 bits per heavy atom. The third-order valence-corrected chi connectivity index (χ3v) is 2.05. The van der Waals surface area contributed by atoms with Gasteiger partial charge in [-0.25, -0.2) is 0 Å². The first-order valence-corrected chi connectivity index (χ1v) is 4.79. The number of halogens is 3. The first kappa shape index (κ1) is 13.8. The Morgan fingerprint density at radius 1 is 1.39 bits per heavy atom. The lowest BCUT2D eigenvalue weighted by atomic mass is 10.0. The van der Waals surface area contributed by atoms with Gasteiger partial charge in [-0.2, -0.15) is 5.26 Å². The van der Waals surface area contributed by atoms with E-state index in [-0.39, 0.29) is 6.42 Å².